The summed E-state index contributed by atoms with van der Waals surface area (Å²) >= 11 is 0. The van der Waals surface area contributed by atoms with Gasteiger partial charge in [-0.05, 0) is 55.7 Å². The van der Waals surface area contributed by atoms with Crippen LogP contribution in [0.15, 0.2) is 84.9 Å². The molecule has 208 valence electrons. The third-order valence-electron chi connectivity index (χ3n) is 6.06. The summed E-state index contributed by atoms with van der Waals surface area (Å²) in [4.78, 5) is 28.2. The van der Waals surface area contributed by atoms with Crippen LogP contribution >= 0.6 is 0 Å². The summed E-state index contributed by atoms with van der Waals surface area (Å²) in [5.74, 6) is -0.175. The molecule has 3 aromatic rings. The highest BCUT2D eigenvalue weighted by Gasteiger charge is 2.32. The van der Waals surface area contributed by atoms with E-state index in [1.807, 2.05) is 81.4 Å². The monoisotopic (exact) mass is 551 g/mol. The molecular formula is C30H37N3O5S. The van der Waals surface area contributed by atoms with Crippen molar-refractivity contribution < 1.29 is 22.7 Å². The lowest BCUT2D eigenvalue weighted by Crippen LogP contribution is -2.53. The fourth-order valence-electron chi connectivity index (χ4n) is 4.14. The molecule has 8 nitrogen and oxygen atoms in total. The maximum atomic E-state index is 13.7. The van der Waals surface area contributed by atoms with E-state index in [-0.39, 0.29) is 18.5 Å². The molecule has 3 rings (SSSR count). The number of anilines is 1. The van der Waals surface area contributed by atoms with Crippen molar-refractivity contribution in [3.8, 4) is 5.75 Å². The number of ether oxygens (including phenoxy) is 1. The van der Waals surface area contributed by atoms with Gasteiger partial charge in [0.1, 0.15) is 24.9 Å². The van der Waals surface area contributed by atoms with Gasteiger partial charge in [0.2, 0.25) is 21.8 Å². The SMILES string of the molecule is CCC(C(=O)NC(C)C)N(Cc1ccccc1)C(=O)CN(c1ccc(OCc2ccccc2)cc1)S(C)(=O)=O. The van der Waals surface area contributed by atoms with E-state index in [2.05, 4.69) is 5.32 Å². The molecule has 39 heavy (non-hydrogen) atoms. The van der Waals surface area contributed by atoms with Crippen LogP contribution in [0.4, 0.5) is 5.69 Å². The highest BCUT2D eigenvalue weighted by molar-refractivity contribution is 7.92. The summed E-state index contributed by atoms with van der Waals surface area (Å²) in [5.41, 5.74) is 2.18. The fourth-order valence-corrected chi connectivity index (χ4v) is 4.99. The van der Waals surface area contributed by atoms with Crippen LogP contribution in [-0.4, -0.2) is 50.0 Å². The molecular weight excluding hydrogens is 514 g/mol. The Hall–Kier alpha value is -3.85. The van der Waals surface area contributed by atoms with Gasteiger partial charge in [0.15, 0.2) is 0 Å². The van der Waals surface area contributed by atoms with Gasteiger partial charge in [0.05, 0.1) is 11.9 Å². The minimum absolute atomic E-state index is 0.102. The number of carbonyl (C=O) groups is 2. The van der Waals surface area contributed by atoms with Crippen molar-refractivity contribution in [1.82, 2.24) is 10.2 Å². The first-order valence-electron chi connectivity index (χ1n) is 13.0. The van der Waals surface area contributed by atoms with Gasteiger partial charge in [0.25, 0.3) is 0 Å². The van der Waals surface area contributed by atoms with Gasteiger partial charge in [-0.3, -0.25) is 13.9 Å². The molecule has 1 unspecified atom stereocenters. The summed E-state index contributed by atoms with van der Waals surface area (Å²) < 4.78 is 32.5. The molecule has 0 aliphatic heterocycles. The molecule has 0 aromatic heterocycles. The largest absolute Gasteiger partial charge is 0.489 e. The van der Waals surface area contributed by atoms with Gasteiger partial charge in [-0.15, -0.1) is 0 Å². The van der Waals surface area contributed by atoms with Crippen LogP contribution in [0.25, 0.3) is 0 Å². The number of hydrogen-bond acceptors (Lipinski definition) is 5. The predicted octanol–water partition coefficient (Wildman–Crippen LogP) is 4.36. The van der Waals surface area contributed by atoms with Gasteiger partial charge >= 0.3 is 0 Å². The average molecular weight is 552 g/mol. The van der Waals surface area contributed by atoms with Gasteiger partial charge in [-0.1, -0.05) is 67.6 Å². The van der Waals surface area contributed by atoms with Crippen LogP contribution in [-0.2, 0) is 32.8 Å². The molecule has 1 N–H and O–H groups in total. The zero-order valence-corrected chi connectivity index (χ0v) is 23.7. The van der Waals surface area contributed by atoms with Crippen LogP contribution < -0.4 is 14.4 Å². The van der Waals surface area contributed by atoms with Crippen LogP contribution in [0, 0.1) is 0 Å². The molecule has 0 aliphatic carbocycles. The molecule has 0 radical (unpaired) electrons. The van der Waals surface area contributed by atoms with Crippen molar-refractivity contribution in [3.63, 3.8) is 0 Å². The number of nitrogens with zero attached hydrogens (tertiary/aromatic N) is 2. The molecule has 0 saturated carbocycles. The van der Waals surface area contributed by atoms with Gasteiger partial charge in [0, 0.05) is 12.6 Å². The second kappa shape index (κ2) is 13.8. The minimum atomic E-state index is -3.81. The summed E-state index contributed by atoms with van der Waals surface area (Å²) in [5, 5.41) is 2.88. The smallest absolute Gasteiger partial charge is 0.244 e. The molecule has 2 amide bonds. The number of rotatable bonds is 13. The van der Waals surface area contributed by atoms with Crippen molar-refractivity contribution in [2.75, 3.05) is 17.1 Å². The van der Waals surface area contributed by atoms with Crippen LogP contribution in [0.3, 0.4) is 0 Å². The normalized spacial score (nSPS) is 12.0. The number of benzene rings is 3. The molecule has 0 heterocycles. The lowest BCUT2D eigenvalue weighted by Gasteiger charge is -2.33. The third-order valence-corrected chi connectivity index (χ3v) is 7.21. The Kier molecular flexibility index (Phi) is 10.5. The van der Waals surface area contributed by atoms with Crippen LogP contribution in [0.5, 0.6) is 5.75 Å². The Morgan fingerprint density at radius 3 is 1.95 bits per heavy atom. The van der Waals surface area contributed by atoms with Crippen molar-refractivity contribution in [2.24, 2.45) is 0 Å². The number of sulfonamides is 1. The lowest BCUT2D eigenvalue weighted by molar-refractivity contribution is -0.140. The number of nitrogens with one attached hydrogen (secondary N) is 1. The zero-order chi connectivity index (χ0) is 28.4. The number of carbonyl (C=O) groups excluding carboxylic acids is 2. The van der Waals surface area contributed by atoms with Gasteiger partial charge in [-0.25, -0.2) is 8.42 Å². The minimum Gasteiger partial charge on any atom is -0.489 e. The highest BCUT2D eigenvalue weighted by atomic mass is 32.2. The summed E-state index contributed by atoms with van der Waals surface area (Å²) in [6, 6.07) is 24.7. The third kappa shape index (κ3) is 8.85. The molecule has 9 heteroatoms. The highest BCUT2D eigenvalue weighted by Crippen LogP contribution is 2.23. The second-order valence-electron chi connectivity index (χ2n) is 9.63. The van der Waals surface area contributed by atoms with Crippen LogP contribution in [0.1, 0.15) is 38.3 Å². The summed E-state index contributed by atoms with van der Waals surface area (Å²) in [6.07, 6.45) is 1.44. The Morgan fingerprint density at radius 2 is 1.44 bits per heavy atom. The standard InChI is InChI=1S/C30H37N3O5S/c1-5-28(30(35)31-23(2)3)32(20-24-12-8-6-9-13-24)29(34)21-33(39(4,36)37)26-16-18-27(19-17-26)38-22-25-14-10-7-11-15-25/h6-19,23,28H,5,20-22H2,1-4H3,(H,31,35). The second-order valence-corrected chi connectivity index (χ2v) is 11.5. The topological polar surface area (TPSA) is 96.0 Å². The van der Waals surface area contributed by atoms with E-state index in [0.717, 1.165) is 21.7 Å². The molecule has 0 saturated heterocycles. The fraction of sp³-hybridized carbons (Fsp3) is 0.333. The lowest BCUT2D eigenvalue weighted by atomic mass is 10.1. The van der Waals surface area contributed by atoms with E-state index in [9.17, 15) is 18.0 Å². The molecule has 0 spiro atoms. The van der Waals surface area contributed by atoms with Crippen molar-refractivity contribution in [2.45, 2.75) is 52.4 Å². The van der Waals surface area contributed by atoms with Crippen LogP contribution in [0.2, 0.25) is 0 Å². The first-order chi connectivity index (χ1) is 18.6. The van der Waals surface area contributed by atoms with Gasteiger partial charge in [-0.2, -0.15) is 0 Å². The zero-order valence-electron chi connectivity index (χ0n) is 22.9. The van der Waals surface area contributed by atoms with Crippen molar-refractivity contribution in [3.05, 3.63) is 96.1 Å². The first-order valence-corrected chi connectivity index (χ1v) is 14.8. The van der Waals surface area contributed by atoms with Crippen molar-refractivity contribution >= 4 is 27.5 Å². The van der Waals surface area contributed by atoms with E-state index in [1.54, 1.807) is 24.3 Å². The Bertz CT molecular complexity index is 1310. The van der Waals surface area contributed by atoms with Gasteiger partial charge < -0.3 is 15.0 Å². The number of amides is 2. The quantitative estimate of drug-likeness (QED) is 0.341. The summed E-state index contributed by atoms with van der Waals surface area (Å²) in [6.45, 7) is 5.65. The van der Waals surface area contributed by atoms with E-state index in [4.69, 9.17) is 4.74 Å². The summed E-state index contributed by atoms with van der Waals surface area (Å²) in [7, 11) is -3.81. The maximum Gasteiger partial charge on any atom is 0.244 e. The van der Waals surface area contributed by atoms with E-state index >= 15 is 0 Å². The molecule has 0 bridgehead atoms. The Morgan fingerprint density at radius 1 is 0.872 bits per heavy atom. The van der Waals surface area contributed by atoms with E-state index < -0.39 is 28.5 Å². The molecule has 0 fully saturated rings. The van der Waals surface area contributed by atoms with Crippen molar-refractivity contribution in [1.29, 1.82) is 0 Å². The molecule has 0 aliphatic rings. The molecule has 3 aromatic carbocycles. The molecule has 1 atom stereocenters. The Labute approximate surface area is 231 Å². The van der Waals surface area contributed by atoms with E-state index in [0.29, 0.717) is 24.5 Å². The van der Waals surface area contributed by atoms with E-state index in [1.165, 1.54) is 4.90 Å². The predicted molar refractivity (Wildman–Crippen MR) is 154 cm³/mol. The maximum absolute atomic E-state index is 13.7. The Balaban J connectivity index is 1.83. The first kappa shape index (κ1) is 29.7. The average Bonchev–Trinajstić information content (AvgIpc) is 2.91. The number of hydrogen-bond donors (Lipinski definition) is 1.